The number of aromatic nitrogens is 1. The maximum atomic E-state index is 12.6. The number of hydrogen-bond acceptors (Lipinski definition) is 5. The van der Waals surface area contributed by atoms with Crippen LogP contribution in [0.25, 0.3) is 0 Å². The van der Waals surface area contributed by atoms with Gasteiger partial charge in [-0.25, -0.2) is 9.78 Å². The summed E-state index contributed by atoms with van der Waals surface area (Å²) in [5.41, 5.74) is 1.47. The van der Waals surface area contributed by atoms with Crippen LogP contribution >= 0.6 is 11.6 Å². The number of carbonyl (C=O) groups excluding carboxylic acids is 2. The molecule has 2 saturated heterocycles. The van der Waals surface area contributed by atoms with Crippen molar-refractivity contribution in [2.75, 3.05) is 19.6 Å². The third-order valence-electron chi connectivity index (χ3n) is 5.43. The molecule has 1 spiro atoms. The number of piperidine rings is 1. The molecule has 0 saturated carbocycles. The summed E-state index contributed by atoms with van der Waals surface area (Å²) in [6, 6.07) is 12.5. The summed E-state index contributed by atoms with van der Waals surface area (Å²) in [5, 5.41) is 9.24. The zero-order valence-electron chi connectivity index (χ0n) is 15.7. The molecule has 148 valence electrons. The standard InChI is InChI=1S/C21H19ClN4O3/c22-18-6-5-17(12-24-18)19(27)25-9-7-21(8-10-25)14-26(20(28)29-21)13-16-3-1-15(11-23)2-4-16/h1-6,12H,7-10,13-14H2. The second-order valence-electron chi connectivity index (χ2n) is 7.38. The average Bonchev–Trinajstić information content (AvgIpc) is 3.03. The maximum Gasteiger partial charge on any atom is 0.410 e. The smallest absolute Gasteiger partial charge is 0.410 e. The van der Waals surface area contributed by atoms with Gasteiger partial charge in [0.05, 0.1) is 23.7 Å². The van der Waals surface area contributed by atoms with Crippen molar-refractivity contribution < 1.29 is 14.3 Å². The van der Waals surface area contributed by atoms with E-state index in [0.29, 0.717) is 55.3 Å². The summed E-state index contributed by atoms with van der Waals surface area (Å²) < 4.78 is 5.74. The number of amides is 2. The Kier molecular flexibility index (Phi) is 5.12. The van der Waals surface area contributed by atoms with E-state index in [1.54, 1.807) is 34.1 Å². The highest BCUT2D eigenvalue weighted by molar-refractivity contribution is 6.29. The van der Waals surface area contributed by atoms with Crippen LogP contribution in [0, 0.1) is 11.3 Å². The first-order valence-corrected chi connectivity index (χ1v) is 9.74. The first-order chi connectivity index (χ1) is 14.0. The zero-order chi connectivity index (χ0) is 20.4. The normalized spacial score (nSPS) is 17.9. The molecule has 4 rings (SSSR count). The predicted molar refractivity (Wildman–Crippen MR) is 105 cm³/mol. The maximum absolute atomic E-state index is 12.6. The van der Waals surface area contributed by atoms with Gasteiger partial charge in [-0.05, 0) is 29.8 Å². The van der Waals surface area contributed by atoms with E-state index in [9.17, 15) is 9.59 Å². The Bertz CT molecular complexity index is 961. The Morgan fingerprint density at radius 1 is 1.21 bits per heavy atom. The largest absolute Gasteiger partial charge is 0.441 e. The van der Waals surface area contributed by atoms with Crippen molar-refractivity contribution in [3.8, 4) is 6.07 Å². The molecule has 0 unspecified atom stereocenters. The Balaban J connectivity index is 1.37. The molecule has 0 bridgehead atoms. The molecule has 2 aromatic rings. The van der Waals surface area contributed by atoms with Crippen LogP contribution in [-0.4, -0.2) is 52.0 Å². The van der Waals surface area contributed by atoms with Crippen molar-refractivity contribution in [3.63, 3.8) is 0 Å². The number of likely N-dealkylation sites (tertiary alicyclic amines) is 1. The number of hydrogen-bond donors (Lipinski definition) is 0. The van der Waals surface area contributed by atoms with Crippen molar-refractivity contribution in [1.82, 2.24) is 14.8 Å². The topological polar surface area (TPSA) is 86.5 Å². The molecule has 1 aromatic heterocycles. The van der Waals surface area contributed by atoms with Crippen molar-refractivity contribution in [2.45, 2.75) is 25.0 Å². The van der Waals surface area contributed by atoms with E-state index in [2.05, 4.69) is 11.1 Å². The molecule has 8 heteroatoms. The second-order valence-corrected chi connectivity index (χ2v) is 7.76. The number of nitriles is 1. The van der Waals surface area contributed by atoms with Gasteiger partial charge in [-0.2, -0.15) is 5.26 Å². The van der Waals surface area contributed by atoms with Crippen LogP contribution in [0.1, 0.15) is 34.3 Å². The molecular formula is C21H19ClN4O3. The van der Waals surface area contributed by atoms with Gasteiger partial charge in [0.15, 0.2) is 0 Å². The molecule has 0 N–H and O–H groups in total. The van der Waals surface area contributed by atoms with E-state index in [1.165, 1.54) is 6.20 Å². The lowest BCUT2D eigenvalue weighted by molar-refractivity contribution is 0.00312. The van der Waals surface area contributed by atoms with Crippen LogP contribution in [0.4, 0.5) is 4.79 Å². The fourth-order valence-corrected chi connectivity index (χ4v) is 3.89. The highest BCUT2D eigenvalue weighted by Gasteiger charge is 2.47. The van der Waals surface area contributed by atoms with Crippen LogP contribution in [0.3, 0.4) is 0 Å². The van der Waals surface area contributed by atoms with Crippen molar-refractivity contribution in [2.24, 2.45) is 0 Å². The minimum absolute atomic E-state index is 0.0946. The van der Waals surface area contributed by atoms with E-state index < -0.39 is 5.60 Å². The molecule has 2 amide bonds. The Hall–Kier alpha value is -3.11. The van der Waals surface area contributed by atoms with Crippen molar-refractivity contribution in [3.05, 3.63) is 64.4 Å². The highest BCUT2D eigenvalue weighted by Crippen LogP contribution is 2.34. The van der Waals surface area contributed by atoms with Gasteiger partial charge in [-0.1, -0.05) is 23.7 Å². The third kappa shape index (κ3) is 4.03. The van der Waals surface area contributed by atoms with Gasteiger partial charge in [0, 0.05) is 38.7 Å². The van der Waals surface area contributed by atoms with Crippen LogP contribution in [0.2, 0.25) is 5.15 Å². The van der Waals surface area contributed by atoms with Crippen molar-refractivity contribution >= 4 is 23.6 Å². The number of carbonyl (C=O) groups is 2. The molecule has 0 aliphatic carbocycles. The summed E-state index contributed by atoms with van der Waals surface area (Å²) in [6.07, 6.45) is 2.32. The number of benzene rings is 1. The van der Waals surface area contributed by atoms with Gasteiger partial charge in [-0.15, -0.1) is 0 Å². The third-order valence-corrected chi connectivity index (χ3v) is 5.66. The zero-order valence-corrected chi connectivity index (χ0v) is 16.4. The van der Waals surface area contributed by atoms with Gasteiger partial charge in [0.2, 0.25) is 0 Å². The fraction of sp³-hybridized carbons (Fsp3) is 0.333. The van der Waals surface area contributed by atoms with E-state index in [1.807, 2.05) is 12.1 Å². The lowest BCUT2D eigenvalue weighted by Crippen LogP contribution is -2.48. The SMILES string of the molecule is N#Cc1ccc(CN2CC3(CCN(C(=O)c4ccc(Cl)nc4)CC3)OC2=O)cc1. The lowest BCUT2D eigenvalue weighted by atomic mass is 9.91. The first kappa shape index (κ1) is 19.2. The van der Waals surface area contributed by atoms with E-state index in [4.69, 9.17) is 21.6 Å². The number of rotatable bonds is 3. The summed E-state index contributed by atoms with van der Waals surface area (Å²) >= 11 is 5.78. The Morgan fingerprint density at radius 2 is 1.93 bits per heavy atom. The molecule has 0 radical (unpaired) electrons. The van der Waals surface area contributed by atoms with Crippen molar-refractivity contribution in [1.29, 1.82) is 5.26 Å². The van der Waals surface area contributed by atoms with Gasteiger partial charge >= 0.3 is 6.09 Å². The highest BCUT2D eigenvalue weighted by atomic mass is 35.5. The van der Waals surface area contributed by atoms with Gasteiger partial charge in [-0.3, -0.25) is 9.69 Å². The molecule has 1 aromatic carbocycles. The monoisotopic (exact) mass is 410 g/mol. The van der Waals surface area contributed by atoms with Crippen LogP contribution in [0.15, 0.2) is 42.6 Å². The summed E-state index contributed by atoms with van der Waals surface area (Å²) in [4.78, 5) is 32.4. The predicted octanol–water partition coefficient (Wildman–Crippen LogP) is 3.23. The van der Waals surface area contributed by atoms with Crippen LogP contribution in [0.5, 0.6) is 0 Å². The molecule has 2 fully saturated rings. The quantitative estimate of drug-likeness (QED) is 0.725. The van der Waals surface area contributed by atoms with Gasteiger partial charge < -0.3 is 9.64 Å². The second kappa shape index (κ2) is 7.72. The first-order valence-electron chi connectivity index (χ1n) is 9.36. The lowest BCUT2D eigenvalue weighted by Gasteiger charge is -2.37. The minimum atomic E-state index is -0.557. The number of ether oxygens (including phenoxy) is 1. The molecule has 7 nitrogen and oxygen atoms in total. The van der Waals surface area contributed by atoms with Gasteiger partial charge in [0.1, 0.15) is 10.8 Å². The molecule has 2 aliphatic heterocycles. The summed E-state index contributed by atoms with van der Waals surface area (Å²) in [6.45, 7) is 1.96. The van der Waals surface area contributed by atoms with E-state index >= 15 is 0 Å². The fourth-order valence-electron chi connectivity index (χ4n) is 3.78. The van der Waals surface area contributed by atoms with Crippen LogP contribution in [-0.2, 0) is 11.3 Å². The average molecular weight is 411 g/mol. The Morgan fingerprint density at radius 3 is 2.55 bits per heavy atom. The molecular weight excluding hydrogens is 392 g/mol. The van der Waals surface area contributed by atoms with E-state index in [0.717, 1.165) is 5.56 Å². The Labute approximate surface area is 173 Å². The summed E-state index contributed by atoms with van der Waals surface area (Å²) in [7, 11) is 0. The van der Waals surface area contributed by atoms with Gasteiger partial charge in [0.25, 0.3) is 5.91 Å². The van der Waals surface area contributed by atoms with E-state index in [-0.39, 0.29) is 12.0 Å². The number of pyridine rings is 1. The number of halogens is 1. The molecule has 0 atom stereocenters. The number of nitrogens with zero attached hydrogens (tertiary/aromatic N) is 4. The summed E-state index contributed by atoms with van der Waals surface area (Å²) in [5.74, 6) is -0.0946. The minimum Gasteiger partial charge on any atom is -0.441 e. The molecule has 3 heterocycles. The van der Waals surface area contributed by atoms with Crippen LogP contribution < -0.4 is 0 Å². The molecule has 29 heavy (non-hydrogen) atoms. The molecule has 2 aliphatic rings.